The van der Waals surface area contributed by atoms with Crippen LogP contribution < -0.4 is 10.2 Å². The van der Waals surface area contributed by atoms with Gasteiger partial charge in [-0.25, -0.2) is 14.6 Å². The molecule has 4 aromatic heterocycles. The highest BCUT2D eigenvalue weighted by Crippen LogP contribution is 2.25. The summed E-state index contributed by atoms with van der Waals surface area (Å²) in [5.41, 5.74) is 0.655. The summed E-state index contributed by atoms with van der Waals surface area (Å²) in [6, 6.07) is 3.98. The van der Waals surface area contributed by atoms with E-state index >= 15 is 0 Å². The van der Waals surface area contributed by atoms with Crippen LogP contribution in [0.5, 0.6) is 0 Å². The molecule has 0 amide bonds. The van der Waals surface area contributed by atoms with Gasteiger partial charge in [0, 0.05) is 31.0 Å². The van der Waals surface area contributed by atoms with Crippen molar-refractivity contribution in [2.45, 2.75) is 26.2 Å². The van der Waals surface area contributed by atoms with Crippen molar-refractivity contribution in [2.24, 2.45) is 5.92 Å². The summed E-state index contributed by atoms with van der Waals surface area (Å²) in [5.74, 6) is 3.66. The standard InChI is InChI=1S/C19H23N11/c1-19(2,3)18-26-25-15-4-5-16(27-30(15)18)28-9-13(10-28)6-22-14-7-20-8-17(24-14)29-12-21-11-23-29/h4-5,7-8,11-13H,6,9-10H2,1-3H3,(H,22,24). The second-order valence-corrected chi connectivity index (χ2v) is 8.49. The molecule has 1 fully saturated rings. The lowest BCUT2D eigenvalue weighted by Crippen LogP contribution is -2.50. The van der Waals surface area contributed by atoms with Gasteiger partial charge in [0.1, 0.15) is 24.3 Å². The normalized spacial score (nSPS) is 14.8. The smallest absolute Gasteiger partial charge is 0.178 e. The Hall–Kier alpha value is -3.63. The molecule has 0 unspecified atom stereocenters. The molecule has 0 aromatic carbocycles. The first-order valence-corrected chi connectivity index (χ1v) is 9.86. The lowest BCUT2D eigenvalue weighted by atomic mass is 9.96. The minimum absolute atomic E-state index is 0.117. The molecular weight excluding hydrogens is 382 g/mol. The summed E-state index contributed by atoms with van der Waals surface area (Å²) in [6.07, 6.45) is 6.44. The van der Waals surface area contributed by atoms with Crippen LogP contribution in [0.3, 0.4) is 0 Å². The average Bonchev–Trinajstić information content (AvgIpc) is 3.36. The van der Waals surface area contributed by atoms with E-state index in [1.54, 1.807) is 23.4 Å². The minimum Gasteiger partial charge on any atom is -0.368 e. The Labute approximate surface area is 173 Å². The maximum atomic E-state index is 4.78. The van der Waals surface area contributed by atoms with Crippen LogP contribution in [0.4, 0.5) is 11.6 Å². The molecule has 1 N–H and O–H groups in total. The van der Waals surface area contributed by atoms with Crippen molar-refractivity contribution in [2.75, 3.05) is 29.9 Å². The van der Waals surface area contributed by atoms with Crippen LogP contribution in [0, 0.1) is 5.92 Å². The van der Waals surface area contributed by atoms with Crippen molar-refractivity contribution in [3.05, 3.63) is 43.0 Å². The minimum atomic E-state index is -0.117. The lowest BCUT2D eigenvalue weighted by molar-refractivity contribution is 0.423. The van der Waals surface area contributed by atoms with Gasteiger partial charge in [0.2, 0.25) is 0 Å². The van der Waals surface area contributed by atoms with Gasteiger partial charge in [0.15, 0.2) is 17.3 Å². The maximum absolute atomic E-state index is 4.78. The number of nitrogens with one attached hydrogen (secondary N) is 1. The van der Waals surface area contributed by atoms with Crippen LogP contribution >= 0.6 is 0 Å². The van der Waals surface area contributed by atoms with Gasteiger partial charge in [-0.05, 0) is 12.1 Å². The Morgan fingerprint density at radius 1 is 1.07 bits per heavy atom. The lowest BCUT2D eigenvalue weighted by Gasteiger charge is -2.40. The summed E-state index contributed by atoms with van der Waals surface area (Å²) in [5, 5.41) is 20.8. The maximum Gasteiger partial charge on any atom is 0.178 e. The van der Waals surface area contributed by atoms with E-state index in [0.717, 1.165) is 42.7 Å². The fourth-order valence-corrected chi connectivity index (χ4v) is 3.43. The van der Waals surface area contributed by atoms with Crippen molar-refractivity contribution in [1.82, 2.24) is 44.5 Å². The number of rotatable bonds is 5. The van der Waals surface area contributed by atoms with Gasteiger partial charge in [0.05, 0.1) is 12.4 Å². The van der Waals surface area contributed by atoms with Crippen molar-refractivity contribution in [3.63, 3.8) is 0 Å². The first-order chi connectivity index (χ1) is 14.5. The molecule has 1 aliphatic heterocycles. The topological polar surface area (TPSA) is 115 Å². The third kappa shape index (κ3) is 3.42. The van der Waals surface area contributed by atoms with Gasteiger partial charge in [-0.1, -0.05) is 20.8 Å². The molecule has 1 saturated heterocycles. The second kappa shape index (κ2) is 7.01. The predicted molar refractivity (Wildman–Crippen MR) is 111 cm³/mol. The molecular formula is C19H23N11. The molecule has 0 atom stereocenters. The number of fused-ring (bicyclic) bond motifs is 1. The Kier molecular flexibility index (Phi) is 4.30. The van der Waals surface area contributed by atoms with E-state index in [0.29, 0.717) is 11.7 Å². The van der Waals surface area contributed by atoms with Gasteiger partial charge in [0.25, 0.3) is 0 Å². The Morgan fingerprint density at radius 3 is 2.70 bits per heavy atom. The van der Waals surface area contributed by atoms with Crippen molar-refractivity contribution >= 4 is 17.3 Å². The molecule has 30 heavy (non-hydrogen) atoms. The van der Waals surface area contributed by atoms with Crippen LogP contribution in [0.15, 0.2) is 37.2 Å². The Morgan fingerprint density at radius 2 is 1.93 bits per heavy atom. The SMILES string of the molecule is CC(C)(C)c1nnc2ccc(N3CC(CNc4cncc(-n5cncn5)n4)C3)nn12. The molecule has 0 saturated carbocycles. The molecule has 11 nitrogen and oxygen atoms in total. The monoisotopic (exact) mass is 405 g/mol. The van der Waals surface area contributed by atoms with Gasteiger partial charge in [-0.15, -0.1) is 15.3 Å². The van der Waals surface area contributed by atoms with E-state index in [-0.39, 0.29) is 5.41 Å². The van der Waals surface area contributed by atoms with E-state index in [1.165, 1.54) is 6.33 Å². The summed E-state index contributed by atoms with van der Waals surface area (Å²) in [6.45, 7) is 9.01. The molecule has 5 heterocycles. The van der Waals surface area contributed by atoms with Crippen LogP contribution in [0.1, 0.15) is 26.6 Å². The van der Waals surface area contributed by atoms with Crippen molar-refractivity contribution in [1.29, 1.82) is 0 Å². The van der Waals surface area contributed by atoms with Crippen LogP contribution in [-0.4, -0.2) is 64.2 Å². The molecule has 11 heteroatoms. The zero-order chi connectivity index (χ0) is 20.7. The van der Waals surface area contributed by atoms with E-state index in [9.17, 15) is 0 Å². The predicted octanol–water partition coefficient (Wildman–Crippen LogP) is 1.34. The molecule has 0 aliphatic carbocycles. The summed E-state index contributed by atoms with van der Waals surface area (Å²) < 4.78 is 3.44. The third-order valence-corrected chi connectivity index (χ3v) is 5.05. The van der Waals surface area contributed by atoms with E-state index in [4.69, 9.17) is 5.10 Å². The van der Waals surface area contributed by atoms with Crippen molar-refractivity contribution < 1.29 is 0 Å². The first-order valence-electron chi connectivity index (χ1n) is 9.86. The van der Waals surface area contributed by atoms with E-state index in [2.05, 4.69) is 61.2 Å². The molecule has 5 rings (SSSR count). The van der Waals surface area contributed by atoms with Gasteiger partial charge in [-0.2, -0.15) is 9.61 Å². The van der Waals surface area contributed by atoms with E-state index in [1.807, 2.05) is 16.6 Å². The summed E-state index contributed by atoms with van der Waals surface area (Å²) >= 11 is 0. The molecule has 0 bridgehead atoms. The molecule has 0 radical (unpaired) electrons. The highest BCUT2D eigenvalue weighted by molar-refractivity contribution is 5.48. The van der Waals surface area contributed by atoms with E-state index < -0.39 is 0 Å². The average molecular weight is 405 g/mol. The second-order valence-electron chi connectivity index (χ2n) is 8.49. The highest BCUT2D eigenvalue weighted by atomic mass is 15.4. The fraction of sp³-hybridized carbons (Fsp3) is 0.421. The molecule has 1 aliphatic rings. The largest absolute Gasteiger partial charge is 0.368 e. The Bertz CT molecular complexity index is 1150. The molecule has 4 aromatic rings. The summed E-state index contributed by atoms with van der Waals surface area (Å²) in [4.78, 5) is 15.0. The van der Waals surface area contributed by atoms with Gasteiger partial charge in [-0.3, -0.25) is 4.98 Å². The van der Waals surface area contributed by atoms with Crippen LogP contribution in [0.2, 0.25) is 0 Å². The molecule has 0 spiro atoms. The van der Waals surface area contributed by atoms with Crippen LogP contribution in [-0.2, 0) is 5.41 Å². The van der Waals surface area contributed by atoms with Gasteiger partial charge >= 0.3 is 0 Å². The highest BCUT2D eigenvalue weighted by Gasteiger charge is 2.29. The first kappa shape index (κ1) is 18.4. The number of hydrogen-bond acceptors (Lipinski definition) is 9. The van der Waals surface area contributed by atoms with Gasteiger partial charge < -0.3 is 10.2 Å². The summed E-state index contributed by atoms with van der Waals surface area (Å²) in [7, 11) is 0. The Balaban J connectivity index is 1.21. The zero-order valence-electron chi connectivity index (χ0n) is 17.1. The number of anilines is 2. The number of hydrogen-bond donors (Lipinski definition) is 1. The third-order valence-electron chi connectivity index (χ3n) is 5.05. The number of aromatic nitrogens is 9. The molecule has 154 valence electrons. The van der Waals surface area contributed by atoms with Crippen LogP contribution in [0.25, 0.3) is 11.5 Å². The van der Waals surface area contributed by atoms with Crippen molar-refractivity contribution in [3.8, 4) is 5.82 Å². The zero-order valence-corrected chi connectivity index (χ0v) is 17.1. The number of nitrogens with zero attached hydrogens (tertiary/aromatic N) is 10. The quantitative estimate of drug-likeness (QED) is 0.525. The fourth-order valence-electron chi connectivity index (χ4n) is 3.43.